The second-order valence-electron chi connectivity index (χ2n) is 2.49. The van der Waals surface area contributed by atoms with Gasteiger partial charge in [0.05, 0.1) is 0 Å². The van der Waals surface area contributed by atoms with Gasteiger partial charge in [0, 0.05) is 19.5 Å². The number of fused-ring (bicyclic) bond motifs is 1. The van der Waals surface area contributed by atoms with Crippen LogP contribution >= 0.6 is 0 Å². The van der Waals surface area contributed by atoms with Gasteiger partial charge in [-0.1, -0.05) is 0 Å². The maximum Gasteiger partial charge on any atom is 0.259 e. The molecule has 2 aliphatic heterocycles. The van der Waals surface area contributed by atoms with Crippen molar-refractivity contribution >= 4 is 30.1 Å². The first-order valence-electron chi connectivity index (χ1n) is 3.73. The fraction of sp³-hybridized carbons (Fsp3) is 0.286. The highest BCUT2D eigenvalue weighted by Gasteiger charge is 2.29. The molecule has 1 N–H and O–H groups in total. The first-order chi connectivity index (χ1) is 6.31. The fourth-order valence-corrected chi connectivity index (χ4v) is 1.07. The topological polar surface area (TPSA) is 78.5 Å². The molecule has 0 saturated carbocycles. The molecule has 1 atom stereocenters. The number of guanidine groups is 1. The standard InChI is InChI=1S/C7H7N5O/c1-8-7-11-5-4(6(13)12-7)9-2-3-10-5/h2-4H,1H3,(H,8,12,13). The zero-order chi connectivity index (χ0) is 9.26. The SMILES string of the molecule is CN=C1N=C2N=CC=NC2C(=O)N1. The fourth-order valence-electron chi connectivity index (χ4n) is 1.07. The van der Waals surface area contributed by atoms with Crippen molar-refractivity contribution in [1.29, 1.82) is 0 Å². The normalized spacial score (nSPS) is 28.4. The van der Waals surface area contributed by atoms with Gasteiger partial charge in [0.2, 0.25) is 5.96 Å². The molecule has 13 heavy (non-hydrogen) atoms. The van der Waals surface area contributed by atoms with Gasteiger partial charge in [0.25, 0.3) is 5.91 Å². The van der Waals surface area contributed by atoms with Crippen molar-refractivity contribution in [3.63, 3.8) is 0 Å². The summed E-state index contributed by atoms with van der Waals surface area (Å²) in [6.45, 7) is 0. The molecular weight excluding hydrogens is 170 g/mol. The van der Waals surface area contributed by atoms with Crippen LogP contribution in [0.15, 0.2) is 20.0 Å². The molecule has 2 aliphatic rings. The van der Waals surface area contributed by atoms with Crippen LogP contribution in [0.25, 0.3) is 0 Å². The first-order valence-corrected chi connectivity index (χ1v) is 3.73. The van der Waals surface area contributed by atoms with E-state index in [0.717, 1.165) is 0 Å². The van der Waals surface area contributed by atoms with Crippen LogP contribution in [0.5, 0.6) is 0 Å². The number of amidine groups is 1. The second kappa shape index (κ2) is 2.89. The summed E-state index contributed by atoms with van der Waals surface area (Å²) in [5, 5.41) is 2.50. The van der Waals surface area contributed by atoms with Gasteiger partial charge in [-0.3, -0.25) is 20.1 Å². The van der Waals surface area contributed by atoms with Crippen molar-refractivity contribution in [2.24, 2.45) is 20.0 Å². The van der Waals surface area contributed by atoms with E-state index in [0.29, 0.717) is 5.84 Å². The molecule has 6 heteroatoms. The molecule has 0 aromatic heterocycles. The lowest BCUT2D eigenvalue weighted by atomic mass is 10.2. The zero-order valence-electron chi connectivity index (χ0n) is 6.93. The molecule has 0 aromatic carbocycles. The minimum atomic E-state index is -0.601. The van der Waals surface area contributed by atoms with E-state index < -0.39 is 6.04 Å². The summed E-state index contributed by atoms with van der Waals surface area (Å²) in [6, 6.07) is -0.601. The zero-order valence-corrected chi connectivity index (χ0v) is 6.93. The van der Waals surface area contributed by atoms with Crippen LogP contribution in [0.4, 0.5) is 0 Å². The lowest BCUT2D eigenvalue weighted by Crippen LogP contribution is -2.46. The Bertz CT molecular complexity index is 365. The molecule has 6 nitrogen and oxygen atoms in total. The molecule has 0 fully saturated rings. The van der Waals surface area contributed by atoms with E-state index in [9.17, 15) is 4.79 Å². The van der Waals surface area contributed by atoms with Crippen molar-refractivity contribution in [2.75, 3.05) is 7.05 Å². The second-order valence-corrected chi connectivity index (χ2v) is 2.49. The summed E-state index contributed by atoms with van der Waals surface area (Å²) in [4.78, 5) is 27.0. The molecule has 0 spiro atoms. The van der Waals surface area contributed by atoms with E-state index in [1.54, 1.807) is 7.05 Å². The summed E-state index contributed by atoms with van der Waals surface area (Å²) < 4.78 is 0. The minimum absolute atomic E-state index is 0.237. The summed E-state index contributed by atoms with van der Waals surface area (Å²) >= 11 is 0. The number of hydrogen-bond donors (Lipinski definition) is 1. The molecule has 0 bridgehead atoms. The largest absolute Gasteiger partial charge is 0.292 e. The maximum absolute atomic E-state index is 11.3. The highest BCUT2D eigenvalue weighted by atomic mass is 16.2. The predicted octanol–water partition coefficient (Wildman–Crippen LogP) is -0.976. The Labute approximate surface area is 74.2 Å². The maximum atomic E-state index is 11.3. The Morgan fingerprint density at radius 1 is 1.54 bits per heavy atom. The quantitative estimate of drug-likeness (QED) is 0.507. The van der Waals surface area contributed by atoms with Crippen molar-refractivity contribution in [3.8, 4) is 0 Å². The number of carbonyl (C=O) groups excluding carboxylic acids is 1. The number of nitrogens with zero attached hydrogens (tertiary/aromatic N) is 4. The Balaban J connectivity index is 2.42. The number of nitrogens with one attached hydrogen (secondary N) is 1. The van der Waals surface area contributed by atoms with E-state index in [2.05, 4.69) is 25.3 Å². The Morgan fingerprint density at radius 3 is 3.15 bits per heavy atom. The van der Waals surface area contributed by atoms with Crippen LogP contribution < -0.4 is 5.32 Å². The van der Waals surface area contributed by atoms with Gasteiger partial charge in [0.1, 0.15) is 0 Å². The summed E-state index contributed by atoms with van der Waals surface area (Å²) in [7, 11) is 1.55. The average Bonchev–Trinajstić information content (AvgIpc) is 2.18. The summed E-state index contributed by atoms with van der Waals surface area (Å²) in [5.74, 6) is 0.441. The monoisotopic (exact) mass is 177 g/mol. The highest BCUT2D eigenvalue weighted by molar-refractivity contribution is 6.29. The van der Waals surface area contributed by atoms with Crippen LogP contribution in [-0.2, 0) is 4.79 Å². The van der Waals surface area contributed by atoms with Crippen molar-refractivity contribution < 1.29 is 4.79 Å². The lowest BCUT2D eigenvalue weighted by Gasteiger charge is -2.18. The summed E-state index contributed by atoms with van der Waals surface area (Å²) in [6.07, 6.45) is 2.98. The van der Waals surface area contributed by atoms with Crippen LogP contribution in [0.3, 0.4) is 0 Å². The Morgan fingerprint density at radius 2 is 2.38 bits per heavy atom. The van der Waals surface area contributed by atoms with Gasteiger partial charge in [-0.05, 0) is 0 Å². The number of amides is 1. The van der Waals surface area contributed by atoms with Crippen molar-refractivity contribution in [2.45, 2.75) is 6.04 Å². The average molecular weight is 177 g/mol. The van der Waals surface area contributed by atoms with Gasteiger partial charge in [-0.15, -0.1) is 0 Å². The van der Waals surface area contributed by atoms with Crippen molar-refractivity contribution in [3.05, 3.63) is 0 Å². The molecular formula is C7H7N5O. The minimum Gasteiger partial charge on any atom is -0.292 e. The molecule has 1 amide bonds. The number of carbonyl (C=O) groups is 1. The third kappa shape index (κ3) is 1.26. The van der Waals surface area contributed by atoms with Gasteiger partial charge in [-0.25, -0.2) is 4.99 Å². The van der Waals surface area contributed by atoms with Crippen LogP contribution in [-0.4, -0.2) is 43.2 Å². The van der Waals surface area contributed by atoms with E-state index in [-0.39, 0.29) is 11.9 Å². The van der Waals surface area contributed by atoms with E-state index in [1.165, 1.54) is 12.4 Å². The molecule has 0 radical (unpaired) electrons. The number of aliphatic imine (C=N–C) groups is 4. The lowest BCUT2D eigenvalue weighted by molar-refractivity contribution is -0.119. The predicted molar refractivity (Wildman–Crippen MR) is 49.7 cm³/mol. The van der Waals surface area contributed by atoms with Gasteiger partial charge < -0.3 is 0 Å². The van der Waals surface area contributed by atoms with E-state index in [1.807, 2.05) is 0 Å². The smallest absolute Gasteiger partial charge is 0.259 e. The third-order valence-corrected chi connectivity index (χ3v) is 1.67. The Hall–Kier alpha value is -1.85. The first kappa shape index (κ1) is 7.78. The molecule has 66 valence electrons. The molecule has 0 aromatic rings. The summed E-state index contributed by atoms with van der Waals surface area (Å²) in [5.41, 5.74) is 0. The van der Waals surface area contributed by atoms with Crippen molar-refractivity contribution in [1.82, 2.24) is 5.32 Å². The van der Waals surface area contributed by atoms with Gasteiger partial charge in [0.15, 0.2) is 11.9 Å². The number of hydrogen-bond acceptors (Lipinski definition) is 4. The van der Waals surface area contributed by atoms with Crippen LogP contribution in [0.1, 0.15) is 0 Å². The molecule has 0 saturated heterocycles. The van der Waals surface area contributed by atoms with E-state index in [4.69, 9.17) is 0 Å². The molecule has 0 aliphatic carbocycles. The molecule has 1 unspecified atom stereocenters. The van der Waals surface area contributed by atoms with Crippen LogP contribution in [0, 0.1) is 0 Å². The third-order valence-electron chi connectivity index (χ3n) is 1.67. The molecule has 2 heterocycles. The molecule has 2 rings (SSSR count). The highest BCUT2D eigenvalue weighted by Crippen LogP contribution is 2.05. The Kier molecular flexibility index (Phi) is 1.73. The van der Waals surface area contributed by atoms with Gasteiger partial charge >= 0.3 is 0 Å². The van der Waals surface area contributed by atoms with Crippen LogP contribution in [0.2, 0.25) is 0 Å². The van der Waals surface area contributed by atoms with Gasteiger partial charge in [-0.2, -0.15) is 4.99 Å². The number of rotatable bonds is 0. The van der Waals surface area contributed by atoms with E-state index >= 15 is 0 Å².